The lowest BCUT2D eigenvalue weighted by Crippen LogP contribution is -2.27. The molecule has 35 heavy (non-hydrogen) atoms. The molecule has 4 aromatic rings. The van der Waals surface area contributed by atoms with E-state index >= 15 is 0 Å². The van der Waals surface area contributed by atoms with Gasteiger partial charge in [0.05, 0.1) is 5.54 Å². The monoisotopic (exact) mass is 461 g/mol. The summed E-state index contributed by atoms with van der Waals surface area (Å²) in [6.07, 6.45) is 3.38. The van der Waals surface area contributed by atoms with E-state index in [0.717, 1.165) is 24.9 Å². The first kappa shape index (κ1) is 24.8. The van der Waals surface area contributed by atoms with Crippen LogP contribution < -0.4 is 5.32 Å². The first-order valence-corrected chi connectivity index (χ1v) is 12.9. The third kappa shape index (κ3) is 6.63. The Bertz CT molecular complexity index is 1160. The Morgan fingerprint density at radius 3 is 1.74 bits per heavy atom. The summed E-state index contributed by atoms with van der Waals surface area (Å²) in [5.41, 5.74) is 6.67. The fourth-order valence-electron chi connectivity index (χ4n) is 4.98. The predicted octanol–water partition coefficient (Wildman–Crippen LogP) is 9.12. The summed E-state index contributed by atoms with van der Waals surface area (Å²) in [4.78, 5) is 0. The largest absolute Gasteiger partial charge is 0.376 e. The highest BCUT2D eigenvalue weighted by Crippen LogP contribution is 2.35. The Balaban J connectivity index is 1.44. The van der Waals surface area contributed by atoms with Crippen LogP contribution >= 0.6 is 0 Å². The van der Waals surface area contributed by atoms with Gasteiger partial charge in [-0.1, -0.05) is 117 Å². The summed E-state index contributed by atoms with van der Waals surface area (Å²) in [6, 6.07) is 41.6. The van der Waals surface area contributed by atoms with Gasteiger partial charge in [-0.2, -0.15) is 0 Å². The van der Waals surface area contributed by atoms with Crippen LogP contribution in [-0.4, -0.2) is 0 Å². The van der Waals surface area contributed by atoms with Gasteiger partial charge in [0.15, 0.2) is 0 Å². The molecule has 180 valence electrons. The SMILES string of the molecule is CC(C)(CCC(Cc1ccccc1)c1ccccc1)c1ccc(NC(C)(C)c2ccccc2)cc1. The number of nitrogens with one attached hydrogen (secondary N) is 1. The Morgan fingerprint density at radius 1 is 0.600 bits per heavy atom. The van der Waals surface area contributed by atoms with E-state index in [1.54, 1.807) is 0 Å². The van der Waals surface area contributed by atoms with Crippen LogP contribution in [0, 0.1) is 0 Å². The van der Waals surface area contributed by atoms with Gasteiger partial charge in [-0.25, -0.2) is 0 Å². The van der Waals surface area contributed by atoms with Crippen LogP contribution in [0.3, 0.4) is 0 Å². The molecule has 0 aliphatic heterocycles. The highest BCUT2D eigenvalue weighted by Gasteiger charge is 2.24. The zero-order chi connectivity index (χ0) is 24.7. The van der Waals surface area contributed by atoms with Gasteiger partial charge >= 0.3 is 0 Å². The summed E-state index contributed by atoms with van der Waals surface area (Å²) >= 11 is 0. The number of rotatable bonds is 10. The van der Waals surface area contributed by atoms with Gasteiger partial charge in [0.25, 0.3) is 0 Å². The molecule has 1 N–H and O–H groups in total. The smallest absolute Gasteiger partial charge is 0.0569 e. The third-order valence-corrected chi connectivity index (χ3v) is 7.33. The average Bonchev–Trinajstić information content (AvgIpc) is 2.88. The second-order valence-corrected chi connectivity index (χ2v) is 10.9. The summed E-state index contributed by atoms with van der Waals surface area (Å²) in [6.45, 7) is 9.23. The molecule has 1 heteroatoms. The maximum absolute atomic E-state index is 3.71. The van der Waals surface area contributed by atoms with Crippen molar-refractivity contribution < 1.29 is 0 Å². The van der Waals surface area contributed by atoms with E-state index in [9.17, 15) is 0 Å². The Hall–Kier alpha value is -3.32. The highest BCUT2D eigenvalue weighted by molar-refractivity contribution is 5.49. The van der Waals surface area contributed by atoms with Gasteiger partial charge in [0, 0.05) is 5.69 Å². The van der Waals surface area contributed by atoms with Crippen LogP contribution in [0.15, 0.2) is 115 Å². The van der Waals surface area contributed by atoms with E-state index in [0.29, 0.717) is 5.92 Å². The van der Waals surface area contributed by atoms with Crippen molar-refractivity contribution in [1.29, 1.82) is 0 Å². The fraction of sp³-hybridized carbons (Fsp3) is 0.294. The minimum Gasteiger partial charge on any atom is -0.376 e. The molecule has 1 unspecified atom stereocenters. The van der Waals surface area contributed by atoms with Crippen molar-refractivity contribution in [2.75, 3.05) is 5.32 Å². The molecule has 0 saturated carbocycles. The fourth-order valence-corrected chi connectivity index (χ4v) is 4.98. The van der Waals surface area contributed by atoms with E-state index in [2.05, 4.69) is 148 Å². The zero-order valence-corrected chi connectivity index (χ0v) is 21.7. The molecule has 1 atom stereocenters. The number of hydrogen-bond acceptors (Lipinski definition) is 1. The van der Waals surface area contributed by atoms with Gasteiger partial charge in [0.1, 0.15) is 0 Å². The normalized spacial score (nSPS) is 12.8. The van der Waals surface area contributed by atoms with E-state index in [1.807, 2.05) is 0 Å². The molecule has 4 rings (SSSR count). The molecule has 0 aliphatic rings. The number of benzene rings is 4. The molecule has 4 aromatic carbocycles. The summed E-state index contributed by atoms with van der Waals surface area (Å²) < 4.78 is 0. The van der Waals surface area contributed by atoms with Gasteiger partial charge in [-0.05, 0) is 78.8 Å². The number of anilines is 1. The van der Waals surface area contributed by atoms with Crippen LogP contribution in [-0.2, 0) is 17.4 Å². The Kier molecular flexibility index (Phi) is 7.76. The van der Waals surface area contributed by atoms with Crippen molar-refractivity contribution >= 4 is 5.69 Å². The van der Waals surface area contributed by atoms with Crippen LogP contribution in [0.5, 0.6) is 0 Å². The van der Waals surface area contributed by atoms with E-state index in [-0.39, 0.29) is 11.0 Å². The lowest BCUT2D eigenvalue weighted by molar-refractivity contribution is 0.429. The summed E-state index contributed by atoms with van der Waals surface area (Å²) in [5.74, 6) is 0.519. The van der Waals surface area contributed by atoms with Crippen LogP contribution in [0.25, 0.3) is 0 Å². The molecule has 0 fully saturated rings. The quantitative estimate of drug-likeness (QED) is 0.248. The second-order valence-electron chi connectivity index (χ2n) is 10.9. The lowest BCUT2D eigenvalue weighted by Gasteiger charge is -2.30. The zero-order valence-electron chi connectivity index (χ0n) is 21.7. The van der Waals surface area contributed by atoms with Crippen molar-refractivity contribution in [2.24, 2.45) is 0 Å². The van der Waals surface area contributed by atoms with Gasteiger partial charge in [-0.3, -0.25) is 0 Å². The molecule has 0 bridgehead atoms. The van der Waals surface area contributed by atoms with Gasteiger partial charge in [-0.15, -0.1) is 0 Å². The van der Waals surface area contributed by atoms with Crippen molar-refractivity contribution in [2.45, 2.75) is 63.8 Å². The number of hydrogen-bond donors (Lipinski definition) is 1. The lowest BCUT2D eigenvalue weighted by atomic mass is 9.76. The van der Waals surface area contributed by atoms with E-state index in [4.69, 9.17) is 0 Å². The predicted molar refractivity (Wildman–Crippen MR) is 151 cm³/mol. The molecular formula is C34H39N. The average molecular weight is 462 g/mol. The van der Waals surface area contributed by atoms with Crippen molar-refractivity contribution in [3.63, 3.8) is 0 Å². The van der Waals surface area contributed by atoms with Crippen molar-refractivity contribution in [3.8, 4) is 0 Å². The van der Waals surface area contributed by atoms with Gasteiger partial charge < -0.3 is 5.32 Å². The standard InChI is InChI=1S/C34H39N/c1-33(2,25-24-29(28-16-10-6-11-17-28)26-27-14-8-5-9-15-27)30-20-22-32(23-21-30)35-34(3,4)31-18-12-7-13-19-31/h5-23,29,35H,24-26H2,1-4H3. The second kappa shape index (κ2) is 11.0. The molecule has 0 amide bonds. The van der Waals surface area contributed by atoms with Crippen LogP contribution in [0.2, 0.25) is 0 Å². The molecule has 0 aromatic heterocycles. The minimum absolute atomic E-state index is 0.108. The molecule has 0 heterocycles. The first-order valence-electron chi connectivity index (χ1n) is 12.9. The van der Waals surface area contributed by atoms with Crippen LogP contribution in [0.4, 0.5) is 5.69 Å². The van der Waals surface area contributed by atoms with Crippen molar-refractivity contribution in [3.05, 3.63) is 138 Å². The molecular weight excluding hydrogens is 422 g/mol. The molecule has 0 spiro atoms. The topological polar surface area (TPSA) is 12.0 Å². The Labute approximate surface area is 212 Å². The molecule has 0 radical (unpaired) electrons. The third-order valence-electron chi connectivity index (χ3n) is 7.33. The van der Waals surface area contributed by atoms with Crippen molar-refractivity contribution in [1.82, 2.24) is 0 Å². The minimum atomic E-state index is -0.126. The van der Waals surface area contributed by atoms with E-state index < -0.39 is 0 Å². The van der Waals surface area contributed by atoms with E-state index in [1.165, 1.54) is 22.3 Å². The summed E-state index contributed by atoms with van der Waals surface area (Å²) in [5, 5.41) is 3.71. The highest BCUT2D eigenvalue weighted by atomic mass is 15.0. The molecule has 1 nitrogen and oxygen atoms in total. The maximum atomic E-state index is 3.71. The maximum Gasteiger partial charge on any atom is 0.0569 e. The molecule has 0 aliphatic carbocycles. The Morgan fingerprint density at radius 2 is 1.14 bits per heavy atom. The van der Waals surface area contributed by atoms with Gasteiger partial charge in [0.2, 0.25) is 0 Å². The molecule has 0 saturated heterocycles. The summed E-state index contributed by atoms with van der Waals surface area (Å²) in [7, 11) is 0. The van der Waals surface area contributed by atoms with Crippen LogP contribution in [0.1, 0.15) is 68.7 Å². The first-order chi connectivity index (χ1) is 16.8.